The molecule has 2 aromatic rings. The monoisotopic (exact) mass is 408 g/mol. The maximum absolute atomic E-state index is 12.6. The van der Waals surface area contributed by atoms with Crippen LogP contribution in [0.15, 0.2) is 46.9 Å². The summed E-state index contributed by atoms with van der Waals surface area (Å²) < 4.78 is 0.782. The number of halogens is 2. The van der Waals surface area contributed by atoms with Gasteiger partial charge in [-0.3, -0.25) is 9.69 Å². The number of nitrogens with zero attached hydrogens (tertiary/aromatic N) is 2. The molecule has 1 aliphatic rings. The molecule has 1 saturated heterocycles. The van der Waals surface area contributed by atoms with Crippen molar-refractivity contribution < 1.29 is 9.90 Å². The highest BCUT2D eigenvalue weighted by molar-refractivity contribution is 9.10. The van der Waals surface area contributed by atoms with Crippen LogP contribution in [0.5, 0.6) is 5.75 Å². The molecule has 1 aliphatic heterocycles. The van der Waals surface area contributed by atoms with Crippen LogP contribution >= 0.6 is 27.5 Å². The Morgan fingerprint density at radius 1 is 1.08 bits per heavy atom. The van der Waals surface area contributed by atoms with Crippen molar-refractivity contribution in [3.63, 3.8) is 0 Å². The molecule has 0 unspecified atom stereocenters. The van der Waals surface area contributed by atoms with E-state index in [4.69, 9.17) is 11.6 Å². The van der Waals surface area contributed by atoms with E-state index in [0.717, 1.165) is 29.1 Å². The van der Waals surface area contributed by atoms with Crippen molar-refractivity contribution >= 4 is 33.4 Å². The third-order valence-electron chi connectivity index (χ3n) is 4.17. The van der Waals surface area contributed by atoms with E-state index in [2.05, 4.69) is 20.8 Å². The Morgan fingerprint density at radius 2 is 1.75 bits per heavy atom. The van der Waals surface area contributed by atoms with Gasteiger partial charge in [-0.2, -0.15) is 0 Å². The summed E-state index contributed by atoms with van der Waals surface area (Å²) in [5, 5.41) is 10.7. The van der Waals surface area contributed by atoms with Crippen molar-refractivity contribution in [3.8, 4) is 5.75 Å². The highest BCUT2D eigenvalue weighted by Crippen LogP contribution is 2.24. The minimum absolute atomic E-state index is 0.0202. The number of phenolic OH excluding ortho intramolecular Hbond substituents is 1. The van der Waals surface area contributed by atoms with E-state index in [1.165, 1.54) is 11.6 Å². The van der Waals surface area contributed by atoms with Gasteiger partial charge in [0.1, 0.15) is 5.75 Å². The van der Waals surface area contributed by atoms with E-state index in [1.807, 2.05) is 24.3 Å². The quantitative estimate of drug-likeness (QED) is 0.839. The first-order valence-corrected chi connectivity index (χ1v) is 8.94. The second kappa shape index (κ2) is 7.55. The zero-order valence-corrected chi connectivity index (χ0v) is 15.4. The zero-order chi connectivity index (χ0) is 17.1. The fourth-order valence-corrected chi connectivity index (χ4v) is 3.29. The molecule has 0 saturated carbocycles. The van der Waals surface area contributed by atoms with E-state index >= 15 is 0 Å². The summed E-state index contributed by atoms with van der Waals surface area (Å²) in [5.74, 6) is -0.105. The van der Waals surface area contributed by atoms with E-state index in [1.54, 1.807) is 17.0 Å². The second-order valence-corrected chi connectivity index (χ2v) is 7.21. The van der Waals surface area contributed by atoms with Crippen molar-refractivity contribution in [1.29, 1.82) is 0 Å². The predicted molar refractivity (Wildman–Crippen MR) is 98.4 cm³/mol. The lowest BCUT2D eigenvalue weighted by Crippen LogP contribution is -2.48. The molecule has 1 heterocycles. The first-order chi connectivity index (χ1) is 11.5. The number of benzene rings is 2. The molecule has 3 rings (SSSR count). The highest BCUT2D eigenvalue weighted by Gasteiger charge is 2.24. The summed E-state index contributed by atoms with van der Waals surface area (Å²) in [5.41, 5.74) is 1.55. The maximum Gasteiger partial charge on any atom is 0.257 e. The van der Waals surface area contributed by atoms with Gasteiger partial charge in [0, 0.05) is 42.2 Å². The Hall–Kier alpha value is -1.56. The molecule has 0 bridgehead atoms. The molecule has 2 aromatic carbocycles. The number of hydrogen-bond donors (Lipinski definition) is 1. The Balaban J connectivity index is 1.59. The van der Waals surface area contributed by atoms with Gasteiger partial charge in [-0.1, -0.05) is 39.7 Å². The van der Waals surface area contributed by atoms with Crippen LogP contribution < -0.4 is 0 Å². The number of hydrogen-bond acceptors (Lipinski definition) is 3. The Kier molecular flexibility index (Phi) is 5.43. The summed E-state index contributed by atoms with van der Waals surface area (Å²) in [7, 11) is 0. The van der Waals surface area contributed by atoms with Crippen LogP contribution in [0.1, 0.15) is 15.9 Å². The van der Waals surface area contributed by atoms with Crippen LogP contribution in [0.25, 0.3) is 0 Å². The number of phenols is 1. The Morgan fingerprint density at radius 3 is 2.42 bits per heavy atom. The smallest absolute Gasteiger partial charge is 0.257 e. The van der Waals surface area contributed by atoms with Gasteiger partial charge in [0.25, 0.3) is 5.91 Å². The maximum atomic E-state index is 12.6. The van der Waals surface area contributed by atoms with Crippen molar-refractivity contribution in [2.75, 3.05) is 26.2 Å². The van der Waals surface area contributed by atoms with Crippen molar-refractivity contribution in [3.05, 3.63) is 63.1 Å². The fraction of sp³-hybridized carbons (Fsp3) is 0.278. The number of rotatable bonds is 3. The predicted octanol–water partition coefficient (Wildman–Crippen LogP) is 3.77. The summed E-state index contributed by atoms with van der Waals surface area (Å²) in [6, 6.07) is 12.8. The fourth-order valence-electron chi connectivity index (χ4n) is 2.81. The first-order valence-electron chi connectivity index (χ1n) is 7.77. The lowest BCUT2D eigenvalue weighted by atomic mass is 10.1. The van der Waals surface area contributed by atoms with Crippen LogP contribution in [-0.2, 0) is 6.54 Å². The average Bonchev–Trinajstić information content (AvgIpc) is 2.59. The third kappa shape index (κ3) is 4.09. The third-order valence-corrected chi connectivity index (χ3v) is 4.91. The van der Waals surface area contributed by atoms with E-state index < -0.39 is 0 Å². The van der Waals surface area contributed by atoms with Gasteiger partial charge in [0.15, 0.2) is 0 Å². The van der Waals surface area contributed by atoms with Gasteiger partial charge >= 0.3 is 0 Å². The standard InChI is InChI=1S/C18H18BrClN2O2/c19-14-3-6-17(23)16(11-14)18(24)22-9-7-21(8-10-22)12-13-1-4-15(20)5-2-13/h1-6,11,23H,7-10,12H2. The lowest BCUT2D eigenvalue weighted by molar-refractivity contribution is 0.0625. The van der Waals surface area contributed by atoms with Crippen LogP contribution in [-0.4, -0.2) is 47.0 Å². The van der Waals surface area contributed by atoms with Crippen LogP contribution in [0.2, 0.25) is 5.02 Å². The van der Waals surface area contributed by atoms with Crippen LogP contribution in [0.3, 0.4) is 0 Å². The molecule has 1 fully saturated rings. The molecular weight excluding hydrogens is 392 g/mol. The number of carbonyl (C=O) groups is 1. The highest BCUT2D eigenvalue weighted by atomic mass is 79.9. The Bertz CT molecular complexity index is 728. The molecule has 126 valence electrons. The average molecular weight is 410 g/mol. The number of carbonyl (C=O) groups excluding carboxylic acids is 1. The molecule has 0 aliphatic carbocycles. The summed E-state index contributed by atoms with van der Waals surface area (Å²) in [6.45, 7) is 3.77. The van der Waals surface area contributed by atoms with E-state index in [9.17, 15) is 9.90 Å². The number of amides is 1. The van der Waals surface area contributed by atoms with E-state index in [-0.39, 0.29) is 11.7 Å². The molecule has 0 atom stereocenters. The van der Waals surface area contributed by atoms with Crippen molar-refractivity contribution in [2.45, 2.75) is 6.54 Å². The molecule has 0 spiro atoms. The largest absolute Gasteiger partial charge is 0.507 e. The lowest BCUT2D eigenvalue weighted by Gasteiger charge is -2.35. The van der Waals surface area contributed by atoms with Gasteiger partial charge in [-0.15, -0.1) is 0 Å². The summed E-state index contributed by atoms with van der Waals surface area (Å²) in [6.07, 6.45) is 0. The van der Waals surface area contributed by atoms with Gasteiger partial charge in [-0.25, -0.2) is 0 Å². The molecular formula is C18H18BrClN2O2. The number of piperazine rings is 1. The molecule has 24 heavy (non-hydrogen) atoms. The van der Waals surface area contributed by atoms with Crippen LogP contribution in [0.4, 0.5) is 0 Å². The van der Waals surface area contributed by atoms with Gasteiger partial charge in [0.05, 0.1) is 5.56 Å². The molecule has 1 N–H and O–H groups in total. The topological polar surface area (TPSA) is 43.8 Å². The van der Waals surface area contributed by atoms with Gasteiger partial charge in [-0.05, 0) is 35.9 Å². The zero-order valence-electron chi connectivity index (χ0n) is 13.1. The van der Waals surface area contributed by atoms with Crippen molar-refractivity contribution in [1.82, 2.24) is 9.80 Å². The second-order valence-electron chi connectivity index (χ2n) is 5.86. The van der Waals surface area contributed by atoms with Gasteiger partial charge in [0.2, 0.25) is 0 Å². The van der Waals surface area contributed by atoms with Gasteiger partial charge < -0.3 is 10.0 Å². The molecule has 0 aromatic heterocycles. The first kappa shape index (κ1) is 17.3. The summed E-state index contributed by atoms with van der Waals surface area (Å²) in [4.78, 5) is 16.7. The van der Waals surface area contributed by atoms with Crippen LogP contribution in [0, 0.1) is 0 Å². The number of aromatic hydroxyl groups is 1. The minimum atomic E-state index is -0.125. The Labute approximate surface area is 154 Å². The minimum Gasteiger partial charge on any atom is -0.507 e. The molecule has 1 amide bonds. The van der Waals surface area contributed by atoms with Crippen molar-refractivity contribution in [2.24, 2.45) is 0 Å². The van der Waals surface area contributed by atoms with E-state index in [0.29, 0.717) is 18.7 Å². The summed E-state index contributed by atoms with van der Waals surface area (Å²) >= 11 is 9.25. The normalized spacial score (nSPS) is 15.5. The molecule has 6 heteroatoms. The molecule has 0 radical (unpaired) electrons. The molecule has 4 nitrogen and oxygen atoms in total. The SMILES string of the molecule is O=C(c1cc(Br)ccc1O)N1CCN(Cc2ccc(Cl)cc2)CC1.